The molecule has 1 saturated carbocycles. The van der Waals surface area contributed by atoms with Gasteiger partial charge >= 0.3 is 0 Å². The molecular weight excluding hydrogens is 254 g/mol. The zero-order chi connectivity index (χ0) is 16.1. The maximum Gasteiger partial charge on any atom is 0.00903 e. The van der Waals surface area contributed by atoms with Gasteiger partial charge in [0.15, 0.2) is 0 Å². The van der Waals surface area contributed by atoms with E-state index in [0.717, 1.165) is 11.8 Å². The summed E-state index contributed by atoms with van der Waals surface area (Å²) >= 11 is 0. The summed E-state index contributed by atoms with van der Waals surface area (Å²) in [6, 6.07) is 0.369. The number of hydrogen-bond donors (Lipinski definition) is 1. The third-order valence-electron chi connectivity index (χ3n) is 6.91. The molecule has 0 aromatic heterocycles. The Kier molecular flexibility index (Phi) is 7.24. The molecule has 2 N–H and O–H groups in total. The van der Waals surface area contributed by atoms with E-state index in [1.807, 2.05) is 0 Å². The highest BCUT2D eigenvalue weighted by molar-refractivity contribution is 4.91. The molecule has 21 heavy (non-hydrogen) atoms. The van der Waals surface area contributed by atoms with Crippen molar-refractivity contribution in [1.82, 2.24) is 0 Å². The molecule has 0 aromatic rings. The van der Waals surface area contributed by atoms with Gasteiger partial charge < -0.3 is 5.73 Å². The van der Waals surface area contributed by atoms with Crippen LogP contribution in [0.25, 0.3) is 0 Å². The van der Waals surface area contributed by atoms with Crippen molar-refractivity contribution in [2.45, 2.75) is 105 Å². The quantitative estimate of drug-likeness (QED) is 0.660. The first kappa shape index (κ1) is 19.0. The molecular formula is C20H41N. The summed E-state index contributed by atoms with van der Waals surface area (Å²) in [5.41, 5.74) is 7.35. The molecule has 0 aliphatic heterocycles. The van der Waals surface area contributed by atoms with Crippen molar-refractivity contribution in [3.05, 3.63) is 0 Å². The molecule has 0 spiro atoms. The second-order valence-electron chi connectivity index (χ2n) is 8.68. The largest absolute Gasteiger partial charge is 0.327 e. The van der Waals surface area contributed by atoms with E-state index in [1.165, 1.54) is 57.8 Å². The number of rotatable bonds is 4. The highest BCUT2D eigenvalue weighted by atomic mass is 14.7. The van der Waals surface area contributed by atoms with Crippen LogP contribution in [0.15, 0.2) is 0 Å². The third-order valence-corrected chi connectivity index (χ3v) is 6.91. The molecule has 0 amide bonds. The molecule has 2 unspecified atom stereocenters. The van der Waals surface area contributed by atoms with E-state index >= 15 is 0 Å². The van der Waals surface area contributed by atoms with Gasteiger partial charge in [-0.3, -0.25) is 0 Å². The Bertz CT molecular complexity index is 296. The van der Waals surface area contributed by atoms with E-state index < -0.39 is 0 Å². The minimum atomic E-state index is 0.315. The average molecular weight is 296 g/mol. The van der Waals surface area contributed by atoms with E-state index in [0.29, 0.717) is 16.9 Å². The van der Waals surface area contributed by atoms with Gasteiger partial charge in [-0.15, -0.1) is 0 Å². The van der Waals surface area contributed by atoms with Gasteiger partial charge in [0.25, 0.3) is 0 Å². The Morgan fingerprint density at radius 3 is 2.29 bits per heavy atom. The molecule has 126 valence electrons. The van der Waals surface area contributed by atoms with E-state index in [2.05, 4.69) is 41.5 Å². The van der Waals surface area contributed by atoms with Crippen molar-refractivity contribution >= 4 is 0 Å². The maximum absolute atomic E-state index is 6.52. The second kappa shape index (κ2) is 7.99. The molecule has 1 aliphatic rings. The molecule has 1 nitrogen and oxygen atoms in total. The molecule has 0 aromatic carbocycles. The summed E-state index contributed by atoms with van der Waals surface area (Å²) in [5, 5.41) is 0. The van der Waals surface area contributed by atoms with Crippen LogP contribution in [0.5, 0.6) is 0 Å². The highest BCUT2D eigenvalue weighted by Gasteiger charge is 2.39. The molecule has 0 saturated heterocycles. The third kappa shape index (κ3) is 4.71. The lowest BCUT2D eigenvalue weighted by Gasteiger charge is -2.45. The van der Waals surface area contributed by atoms with Crippen molar-refractivity contribution in [1.29, 1.82) is 0 Å². The zero-order valence-corrected chi connectivity index (χ0v) is 15.7. The lowest BCUT2D eigenvalue weighted by atomic mass is 9.60. The summed E-state index contributed by atoms with van der Waals surface area (Å²) in [4.78, 5) is 0. The van der Waals surface area contributed by atoms with Crippen LogP contribution in [0.3, 0.4) is 0 Å². The maximum atomic E-state index is 6.52. The van der Waals surface area contributed by atoms with Gasteiger partial charge in [-0.25, -0.2) is 0 Å². The van der Waals surface area contributed by atoms with Gasteiger partial charge in [0.1, 0.15) is 0 Å². The van der Waals surface area contributed by atoms with Crippen molar-refractivity contribution in [2.75, 3.05) is 0 Å². The normalized spacial score (nSPS) is 38.1. The number of hydrogen-bond acceptors (Lipinski definition) is 1. The van der Waals surface area contributed by atoms with Crippen molar-refractivity contribution in [3.8, 4) is 0 Å². The van der Waals surface area contributed by atoms with Crippen LogP contribution < -0.4 is 5.73 Å². The van der Waals surface area contributed by atoms with Gasteiger partial charge in [-0.05, 0) is 54.8 Å². The van der Waals surface area contributed by atoms with Crippen molar-refractivity contribution in [3.63, 3.8) is 0 Å². The van der Waals surface area contributed by atoms with Crippen LogP contribution in [0.1, 0.15) is 99.3 Å². The van der Waals surface area contributed by atoms with Gasteiger partial charge in [0, 0.05) is 6.04 Å². The zero-order valence-electron chi connectivity index (χ0n) is 15.7. The van der Waals surface area contributed by atoms with Crippen molar-refractivity contribution in [2.24, 2.45) is 28.4 Å². The summed E-state index contributed by atoms with van der Waals surface area (Å²) in [7, 11) is 0. The average Bonchev–Trinajstić information content (AvgIpc) is 2.45. The molecule has 4 atom stereocenters. The lowest BCUT2D eigenvalue weighted by Crippen LogP contribution is -2.41. The SMILES string of the molecule is CCCC[C@]1(C)C(C)CCC(N)C(C)(C)CCC[C@@H]1CC. The number of nitrogens with two attached hydrogens (primary N) is 1. The van der Waals surface area contributed by atoms with Gasteiger partial charge in [0.05, 0.1) is 0 Å². The van der Waals surface area contributed by atoms with Gasteiger partial charge in [0.2, 0.25) is 0 Å². The fraction of sp³-hybridized carbons (Fsp3) is 1.00. The number of unbranched alkanes of at least 4 members (excludes halogenated alkanes) is 1. The topological polar surface area (TPSA) is 26.0 Å². The van der Waals surface area contributed by atoms with Gasteiger partial charge in [-0.1, -0.05) is 67.2 Å². The van der Waals surface area contributed by atoms with Crippen LogP contribution in [-0.2, 0) is 0 Å². The van der Waals surface area contributed by atoms with E-state index in [1.54, 1.807) is 0 Å². The van der Waals surface area contributed by atoms with Crippen LogP contribution in [-0.4, -0.2) is 6.04 Å². The molecule has 0 heterocycles. The summed E-state index contributed by atoms with van der Waals surface area (Å²) < 4.78 is 0. The van der Waals surface area contributed by atoms with E-state index in [-0.39, 0.29) is 0 Å². The lowest BCUT2D eigenvalue weighted by molar-refractivity contribution is 0.0532. The molecule has 1 aliphatic carbocycles. The first-order valence-electron chi connectivity index (χ1n) is 9.53. The van der Waals surface area contributed by atoms with E-state index in [9.17, 15) is 0 Å². The molecule has 1 rings (SSSR count). The van der Waals surface area contributed by atoms with Crippen LogP contribution in [0.2, 0.25) is 0 Å². The van der Waals surface area contributed by atoms with Crippen LogP contribution in [0, 0.1) is 22.7 Å². The molecule has 0 radical (unpaired) electrons. The highest BCUT2D eigenvalue weighted by Crippen LogP contribution is 2.48. The summed E-state index contributed by atoms with van der Waals surface area (Å²) in [6.45, 7) is 14.6. The monoisotopic (exact) mass is 295 g/mol. The Morgan fingerprint density at radius 2 is 1.71 bits per heavy atom. The predicted octanol–water partition coefficient (Wildman–Crippen LogP) is 6.16. The smallest absolute Gasteiger partial charge is 0.00903 e. The Hall–Kier alpha value is -0.0400. The first-order valence-corrected chi connectivity index (χ1v) is 9.53. The molecule has 0 bridgehead atoms. The Labute approximate surface area is 134 Å². The fourth-order valence-electron chi connectivity index (χ4n) is 4.55. The van der Waals surface area contributed by atoms with E-state index in [4.69, 9.17) is 5.73 Å². The van der Waals surface area contributed by atoms with Crippen LogP contribution >= 0.6 is 0 Å². The Balaban J connectivity index is 2.91. The van der Waals surface area contributed by atoms with Crippen molar-refractivity contribution < 1.29 is 0 Å². The van der Waals surface area contributed by atoms with Crippen LogP contribution in [0.4, 0.5) is 0 Å². The van der Waals surface area contributed by atoms with Gasteiger partial charge in [-0.2, -0.15) is 0 Å². The minimum Gasteiger partial charge on any atom is -0.327 e. The minimum absolute atomic E-state index is 0.315. The first-order chi connectivity index (χ1) is 9.78. The summed E-state index contributed by atoms with van der Waals surface area (Å²) in [6.07, 6.45) is 12.0. The summed E-state index contributed by atoms with van der Waals surface area (Å²) in [5.74, 6) is 1.69. The molecule has 1 fully saturated rings. The fourth-order valence-corrected chi connectivity index (χ4v) is 4.55. The molecule has 1 heteroatoms. The predicted molar refractivity (Wildman–Crippen MR) is 95.4 cm³/mol. The second-order valence-corrected chi connectivity index (χ2v) is 8.68. The Morgan fingerprint density at radius 1 is 1.05 bits per heavy atom. The standard InChI is InChI=1S/C20H41N/c1-7-9-15-20(6)16(3)12-13-18(21)19(4,5)14-10-11-17(20)8-2/h16-18H,7-15,21H2,1-6H3/t16?,17-,18?,20+/m0/s1.